The van der Waals surface area contributed by atoms with E-state index in [4.69, 9.17) is 4.74 Å². The first-order valence-electron chi connectivity index (χ1n) is 5.97. The molecule has 0 radical (unpaired) electrons. The van der Waals surface area contributed by atoms with Crippen LogP contribution in [-0.2, 0) is 17.9 Å². The van der Waals surface area contributed by atoms with Crippen molar-refractivity contribution in [3.63, 3.8) is 0 Å². The molecule has 0 unspecified atom stereocenters. The Morgan fingerprint density at radius 1 is 1.50 bits per heavy atom. The van der Waals surface area contributed by atoms with E-state index in [0.717, 1.165) is 10.9 Å². The van der Waals surface area contributed by atoms with Gasteiger partial charge in [0.2, 0.25) is 0 Å². The molecule has 18 heavy (non-hydrogen) atoms. The van der Waals surface area contributed by atoms with Gasteiger partial charge in [0.25, 0.3) is 0 Å². The SMILES string of the molecule is CCOC(=O)c1c(CO)c2cnccc2n1CC. The van der Waals surface area contributed by atoms with Gasteiger partial charge < -0.3 is 14.4 Å². The van der Waals surface area contributed by atoms with Crippen molar-refractivity contribution in [3.8, 4) is 0 Å². The number of aromatic nitrogens is 2. The van der Waals surface area contributed by atoms with E-state index in [2.05, 4.69) is 4.98 Å². The second-order valence-electron chi connectivity index (χ2n) is 3.84. The number of carbonyl (C=O) groups excluding carboxylic acids is 1. The molecule has 0 fully saturated rings. The third-order valence-electron chi connectivity index (χ3n) is 2.91. The lowest BCUT2D eigenvalue weighted by molar-refractivity contribution is 0.0511. The van der Waals surface area contributed by atoms with E-state index in [1.165, 1.54) is 0 Å². The van der Waals surface area contributed by atoms with Crippen LogP contribution in [0.5, 0.6) is 0 Å². The van der Waals surface area contributed by atoms with Crippen molar-refractivity contribution < 1.29 is 14.6 Å². The molecule has 5 nitrogen and oxygen atoms in total. The van der Waals surface area contributed by atoms with Gasteiger partial charge in [0.15, 0.2) is 0 Å². The standard InChI is InChI=1S/C13H16N2O3/c1-3-15-11-5-6-14-7-9(11)10(8-16)12(15)13(17)18-4-2/h5-7,16H,3-4,8H2,1-2H3. The van der Waals surface area contributed by atoms with Gasteiger partial charge in [0.1, 0.15) is 5.69 Å². The van der Waals surface area contributed by atoms with E-state index >= 15 is 0 Å². The molecule has 2 rings (SSSR count). The highest BCUT2D eigenvalue weighted by molar-refractivity contribution is 5.98. The highest BCUT2D eigenvalue weighted by atomic mass is 16.5. The zero-order valence-electron chi connectivity index (χ0n) is 10.5. The van der Waals surface area contributed by atoms with Crippen molar-refractivity contribution in [2.24, 2.45) is 0 Å². The first-order valence-corrected chi connectivity index (χ1v) is 5.97. The molecule has 0 aromatic carbocycles. The summed E-state index contributed by atoms with van der Waals surface area (Å²) in [5.74, 6) is -0.403. The van der Waals surface area contributed by atoms with E-state index in [-0.39, 0.29) is 6.61 Å². The highest BCUT2D eigenvalue weighted by Gasteiger charge is 2.22. The van der Waals surface area contributed by atoms with E-state index in [1.54, 1.807) is 19.3 Å². The molecule has 0 saturated carbocycles. The second kappa shape index (κ2) is 5.18. The molecule has 0 bridgehead atoms. The second-order valence-corrected chi connectivity index (χ2v) is 3.84. The van der Waals surface area contributed by atoms with Gasteiger partial charge in [-0.2, -0.15) is 0 Å². The summed E-state index contributed by atoms with van der Waals surface area (Å²) in [5, 5.41) is 10.3. The fourth-order valence-corrected chi connectivity index (χ4v) is 2.19. The van der Waals surface area contributed by atoms with Crippen molar-refractivity contribution in [2.75, 3.05) is 6.61 Å². The van der Waals surface area contributed by atoms with Gasteiger partial charge in [0, 0.05) is 29.9 Å². The number of nitrogens with zero attached hydrogens (tertiary/aromatic N) is 2. The van der Waals surface area contributed by atoms with Gasteiger partial charge in [-0.1, -0.05) is 0 Å². The molecule has 0 atom stereocenters. The zero-order valence-corrected chi connectivity index (χ0v) is 10.5. The molecule has 0 aliphatic carbocycles. The number of aliphatic hydroxyl groups excluding tert-OH is 1. The lowest BCUT2D eigenvalue weighted by atomic mass is 10.2. The molecule has 0 spiro atoms. The maximum atomic E-state index is 12.0. The number of fused-ring (bicyclic) bond motifs is 1. The maximum absolute atomic E-state index is 12.0. The van der Waals surface area contributed by atoms with Crippen molar-refractivity contribution >= 4 is 16.9 Å². The van der Waals surface area contributed by atoms with Crippen LogP contribution in [0.15, 0.2) is 18.5 Å². The molecule has 1 N–H and O–H groups in total. The van der Waals surface area contributed by atoms with Crippen molar-refractivity contribution in [3.05, 3.63) is 29.7 Å². The molecule has 0 amide bonds. The predicted molar refractivity (Wildman–Crippen MR) is 67.3 cm³/mol. The molecular weight excluding hydrogens is 232 g/mol. The Morgan fingerprint density at radius 2 is 2.28 bits per heavy atom. The molecule has 96 valence electrons. The minimum atomic E-state index is -0.403. The Hall–Kier alpha value is -1.88. The Morgan fingerprint density at radius 3 is 2.89 bits per heavy atom. The molecule has 0 aliphatic heterocycles. The Kier molecular flexibility index (Phi) is 3.62. The van der Waals surface area contributed by atoms with Gasteiger partial charge in [-0.25, -0.2) is 4.79 Å². The van der Waals surface area contributed by atoms with Gasteiger partial charge in [-0.05, 0) is 19.9 Å². The maximum Gasteiger partial charge on any atom is 0.355 e. The van der Waals surface area contributed by atoms with Gasteiger partial charge in [-0.3, -0.25) is 4.98 Å². The average molecular weight is 248 g/mol. The third kappa shape index (κ3) is 1.86. The van der Waals surface area contributed by atoms with Gasteiger partial charge >= 0.3 is 5.97 Å². The van der Waals surface area contributed by atoms with Crippen molar-refractivity contribution in [1.29, 1.82) is 0 Å². The van der Waals surface area contributed by atoms with Crippen LogP contribution in [0.25, 0.3) is 10.9 Å². The molecule has 5 heteroatoms. The third-order valence-corrected chi connectivity index (χ3v) is 2.91. The van der Waals surface area contributed by atoms with Crippen LogP contribution < -0.4 is 0 Å². The Balaban J connectivity index is 2.72. The van der Waals surface area contributed by atoms with Crippen LogP contribution in [0, 0.1) is 0 Å². The number of pyridine rings is 1. The lowest BCUT2D eigenvalue weighted by Crippen LogP contribution is -2.13. The van der Waals surface area contributed by atoms with Gasteiger partial charge in [0.05, 0.1) is 18.7 Å². The Bertz CT molecular complexity index is 534. The number of hydrogen-bond acceptors (Lipinski definition) is 4. The van der Waals surface area contributed by atoms with Crippen LogP contribution in [0.1, 0.15) is 29.9 Å². The van der Waals surface area contributed by atoms with E-state index in [1.807, 2.05) is 17.6 Å². The topological polar surface area (TPSA) is 64.3 Å². The minimum Gasteiger partial charge on any atom is -0.461 e. The summed E-state index contributed by atoms with van der Waals surface area (Å²) in [6, 6.07) is 1.83. The smallest absolute Gasteiger partial charge is 0.355 e. The predicted octanol–water partition coefficient (Wildman–Crippen LogP) is 1.73. The van der Waals surface area contributed by atoms with E-state index in [0.29, 0.717) is 24.4 Å². The summed E-state index contributed by atoms with van der Waals surface area (Å²) in [7, 11) is 0. The monoisotopic (exact) mass is 248 g/mol. The van der Waals surface area contributed by atoms with E-state index in [9.17, 15) is 9.90 Å². The van der Waals surface area contributed by atoms with Crippen molar-refractivity contribution in [2.45, 2.75) is 27.0 Å². The summed E-state index contributed by atoms with van der Waals surface area (Å²) in [6.45, 7) is 4.45. The average Bonchev–Trinajstić information content (AvgIpc) is 2.72. The molecule has 2 aromatic heterocycles. The number of aliphatic hydroxyl groups is 1. The van der Waals surface area contributed by atoms with Crippen LogP contribution in [0.3, 0.4) is 0 Å². The summed E-state index contributed by atoms with van der Waals surface area (Å²) in [6.07, 6.45) is 3.33. The minimum absolute atomic E-state index is 0.205. The number of carbonyl (C=O) groups is 1. The molecular formula is C13H16N2O3. The first kappa shape index (κ1) is 12.6. The first-order chi connectivity index (χ1) is 8.74. The summed E-state index contributed by atoms with van der Waals surface area (Å²) >= 11 is 0. The number of rotatable bonds is 4. The fraction of sp³-hybridized carbons (Fsp3) is 0.385. The summed E-state index contributed by atoms with van der Waals surface area (Å²) in [4.78, 5) is 16.0. The zero-order chi connectivity index (χ0) is 13.1. The van der Waals surface area contributed by atoms with Crippen molar-refractivity contribution in [1.82, 2.24) is 9.55 Å². The largest absolute Gasteiger partial charge is 0.461 e. The quantitative estimate of drug-likeness (QED) is 0.837. The Labute approximate surface area is 105 Å². The van der Waals surface area contributed by atoms with Gasteiger partial charge in [-0.15, -0.1) is 0 Å². The number of esters is 1. The fourth-order valence-electron chi connectivity index (χ4n) is 2.19. The molecule has 0 aliphatic rings. The van der Waals surface area contributed by atoms with Crippen LogP contribution in [0.4, 0.5) is 0 Å². The number of aryl methyl sites for hydroxylation is 1. The summed E-state index contributed by atoms with van der Waals surface area (Å²) < 4.78 is 6.90. The molecule has 0 saturated heterocycles. The normalized spacial score (nSPS) is 10.8. The highest BCUT2D eigenvalue weighted by Crippen LogP contribution is 2.26. The van der Waals surface area contributed by atoms with Crippen LogP contribution >= 0.6 is 0 Å². The van der Waals surface area contributed by atoms with Crippen LogP contribution in [0.2, 0.25) is 0 Å². The number of ether oxygens (including phenoxy) is 1. The lowest BCUT2D eigenvalue weighted by Gasteiger charge is -2.08. The van der Waals surface area contributed by atoms with E-state index < -0.39 is 5.97 Å². The summed E-state index contributed by atoms with van der Waals surface area (Å²) in [5.41, 5.74) is 1.89. The molecule has 2 aromatic rings. The van der Waals surface area contributed by atoms with Crippen LogP contribution in [-0.4, -0.2) is 27.2 Å². The number of hydrogen-bond donors (Lipinski definition) is 1. The molecule has 2 heterocycles.